The Labute approximate surface area is 217 Å². The van der Waals surface area contributed by atoms with Crippen LogP contribution >= 0.6 is 11.6 Å². The van der Waals surface area contributed by atoms with Crippen molar-refractivity contribution in [1.82, 2.24) is 9.80 Å². The summed E-state index contributed by atoms with van der Waals surface area (Å²) in [6.45, 7) is 6.05. The molecule has 2 aromatic rings. The van der Waals surface area contributed by atoms with Crippen LogP contribution in [0.15, 0.2) is 36.4 Å². The number of halogens is 2. The Kier molecular flexibility index (Phi) is 8.20. The van der Waals surface area contributed by atoms with Crippen molar-refractivity contribution in [3.8, 4) is 5.75 Å². The largest absolute Gasteiger partial charge is 0.493 e. The highest BCUT2D eigenvalue weighted by atomic mass is 35.5. The number of benzene rings is 2. The van der Waals surface area contributed by atoms with Crippen LogP contribution in [0.5, 0.6) is 5.75 Å². The molecule has 4 rings (SSSR count). The Morgan fingerprint density at radius 3 is 2.47 bits per heavy atom. The van der Waals surface area contributed by atoms with Crippen LogP contribution in [0.3, 0.4) is 0 Å². The average molecular weight is 517 g/mol. The highest BCUT2D eigenvalue weighted by Crippen LogP contribution is 2.37. The van der Waals surface area contributed by atoms with E-state index in [-0.39, 0.29) is 30.9 Å². The van der Waals surface area contributed by atoms with Crippen LogP contribution in [0.25, 0.3) is 0 Å². The number of aliphatic hydroxyl groups excluding tert-OH is 1. The van der Waals surface area contributed by atoms with Crippen molar-refractivity contribution >= 4 is 23.4 Å². The highest BCUT2D eigenvalue weighted by molar-refractivity contribution is 6.32. The smallest absolute Gasteiger partial charge is 0.253 e. The number of likely N-dealkylation sites (tertiary alicyclic amines) is 2. The van der Waals surface area contributed by atoms with Crippen LogP contribution in [-0.2, 0) is 4.79 Å². The van der Waals surface area contributed by atoms with Gasteiger partial charge in [0.05, 0.1) is 12.7 Å². The number of hydrogen-bond donors (Lipinski definition) is 1. The summed E-state index contributed by atoms with van der Waals surface area (Å²) in [6.07, 6.45) is 2.47. The van der Waals surface area contributed by atoms with E-state index in [0.29, 0.717) is 55.4 Å². The number of hydrogen-bond acceptors (Lipinski definition) is 4. The van der Waals surface area contributed by atoms with Crippen LogP contribution in [0.2, 0.25) is 5.02 Å². The molecule has 2 heterocycles. The number of aryl methyl sites for hydroxylation is 2. The fourth-order valence-electron chi connectivity index (χ4n) is 5.27. The zero-order chi connectivity index (χ0) is 25.9. The van der Waals surface area contributed by atoms with Gasteiger partial charge in [-0.25, -0.2) is 4.39 Å². The molecule has 36 heavy (non-hydrogen) atoms. The predicted octanol–water partition coefficient (Wildman–Crippen LogP) is 4.77. The Balaban J connectivity index is 1.55. The van der Waals surface area contributed by atoms with E-state index in [1.54, 1.807) is 15.9 Å². The van der Waals surface area contributed by atoms with Gasteiger partial charge < -0.3 is 19.6 Å². The van der Waals surface area contributed by atoms with Crippen molar-refractivity contribution in [2.45, 2.75) is 52.1 Å². The number of carbonyl (C=O) groups excluding carboxylic acids is 2. The summed E-state index contributed by atoms with van der Waals surface area (Å²) in [6, 6.07) is 9.47. The van der Waals surface area contributed by atoms with Gasteiger partial charge in [0.25, 0.3) is 5.91 Å². The molecular weight excluding hydrogens is 483 g/mol. The maximum atomic E-state index is 13.8. The molecule has 1 N–H and O–H groups in total. The Morgan fingerprint density at radius 1 is 1.11 bits per heavy atom. The van der Waals surface area contributed by atoms with Crippen LogP contribution in [0, 0.1) is 25.1 Å². The third-order valence-corrected chi connectivity index (χ3v) is 7.91. The second kappa shape index (κ2) is 11.2. The van der Waals surface area contributed by atoms with Gasteiger partial charge in [-0.2, -0.15) is 0 Å². The lowest BCUT2D eigenvalue weighted by Crippen LogP contribution is -2.51. The summed E-state index contributed by atoms with van der Waals surface area (Å²) in [5.41, 5.74) is 1.54. The number of aliphatic hydroxyl groups is 1. The van der Waals surface area contributed by atoms with E-state index in [1.807, 2.05) is 26.0 Å². The van der Waals surface area contributed by atoms with Gasteiger partial charge in [-0.15, -0.1) is 0 Å². The number of rotatable bonds is 6. The molecule has 0 saturated carbocycles. The van der Waals surface area contributed by atoms with Gasteiger partial charge in [0, 0.05) is 48.6 Å². The first-order chi connectivity index (χ1) is 17.2. The fraction of sp³-hybridized carbons (Fsp3) is 0.500. The SMILES string of the molecule is Cc1cc(OCC2(CC(=O)N3CCC(O)CC3)CCCN(C(=O)c3cccc(F)c3)C2)cc(C)c1Cl. The molecule has 2 aliphatic rings. The Bertz CT molecular complexity index is 1100. The van der Waals surface area contributed by atoms with E-state index in [9.17, 15) is 19.1 Å². The van der Waals surface area contributed by atoms with Gasteiger partial charge in [0.15, 0.2) is 0 Å². The number of ether oxygens (including phenoxy) is 1. The predicted molar refractivity (Wildman–Crippen MR) is 137 cm³/mol. The van der Waals surface area contributed by atoms with E-state index < -0.39 is 11.2 Å². The average Bonchev–Trinajstić information content (AvgIpc) is 2.86. The van der Waals surface area contributed by atoms with Crippen molar-refractivity contribution < 1.29 is 23.8 Å². The van der Waals surface area contributed by atoms with Crippen molar-refractivity contribution in [2.75, 3.05) is 32.8 Å². The summed E-state index contributed by atoms with van der Waals surface area (Å²) in [7, 11) is 0. The molecule has 0 aliphatic carbocycles. The third kappa shape index (κ3) is 6.19. The zero-order valence-electron chi connectivity index (χ0n) is 20.9. The monoisotopic (exact) mass is 516 g/mol. The number of carbonyl (C=O) groups is 2. The fourth-order valence-corrected chi connectivity index (χ4v) is 5.38. The van der Waals surface area contributed by atoms with Gasteiger partial charge in [-0.3, -0.25) is 9.59 Å². The molecule has 2 aromatic carbocycles. The third-order valence-electron chi connectivity index (χ3n) is 7.32. The van der Waals surface area contributed by atoms with Crippen molar-refractivity contribution in [2.24, 2.45) is 5.41 Å². The van der Waals surface area contributed by atoms with Gasteiger partial charge in [-0.1, -0.05) is 17.7 Å². The van der Waals surface area contributed by atoms with E-state index >= 15 is 0 Å². The minimum absolute atomic E-state index is 0.00835. The zero-order valence-corrected chi connectivity index (χ0v) is 21.7. The molecule has 0 bridgehead atoms. The molecule has 0 aromatic heterocycles. The molecule has 8 heteroatoms. The lowest BCUT2D eigenvalue weighted by Gasteiger charge is -2.43. The minimum atomic E-state index is -0.587. The van der Waals surface area contributed by atoms with Gasteiger partial charge >= 0.3 is 0 Å². The molecule has 2 fully saturated rings. The molecule has 6 nitrogen and oxygen atoms in total. The molecule has 1 atom stereocenters. The normalized spacial score (nSPS) is 20.9. The lowest BCUT2D eigenvalue weighted by atomic mass is 9.77. The molecule has 0 radical (unpaired) electrons. The molecule has 2 aliphatic heterocycles. The van der Waals surface area contributed by atoms with Crippen molar-refractivity contribution in [3.63, 3.8) is 0 Å². The maximum absolute atomic E-state index is 13.8. The number of nitrogens with zero attached hydrogens (tertiary/aromatic N) is 2. The van der Waals surface area contributed by atoms with Crippen molar-refractivity contribution in [3.05, 3.63) is 63.9 Å². The number of amides is 2. The minimum Gasteiger partial charge on any atom is -0.493 e. The molecule has 1 unspecified atom stereocenters. The summed E-state index contributed by atoms with van der Waals surface area (Å²) < 4.78 is 20.0. The van der Waals surface area contributed by atoms with Crippen LogP contribution in [0.4, 0.5) is 4.39 Å². The Hall–Kier alpha value is -2.64. The summed E-state index contributed by atoms with van der Waals surface area (Å²) in [4.78, 5) is 30.1. The molecular formula is C28H34ClFN2O4. The Morgan fingerprint density at radius 2 is 1.81 bits per heavy atom. The topological polar surface area (TPSA) is 70.1 Å². The summed E-state index contributed by atoms with van der Waals surface area (Å²) >= 11 is 6.32. The standard InChI is InChI=1S/C28H34ClFN2O4/c1-19-13-24(14-20(2)26(19)29)36-18-28(16-25(34)31-11-7-23(33)8-12-31)9-4-10-32(17-28)27(35)21-5-3-6-22(30)15-21/h3,5-6,13-15,23,33H,4,7-12,16-18H2,1-2H3. The summed E-state index contributed by atoms with van der Waals surface area (Å²) in [5, 5.41) is 10.5. The first-order valence-corrected chi connectivity index (χ1v) is 12.9. The number of piperidine rings is 2. The van der Waals surface area contributed by atoms with Gasteiger partial charge in [0.1, 0.15) is 11.6 Å². The van der Waals surface area contributed by atoms with E-state index in [1.165, 1.54) is 18.2 Å². The van der Waals surface area contributed by atoms with E-state index in [0.717, 1.165) is 24.0 Å². The molecule has 0 spiro atoms. The van der Waals surface area contributed by atoms with E-state index in [2.05, 4.69) is 0 Å². The molecule has 2 saturated heterocycles. The lowest BCUT2D eigenvalue weighted by molar-refractivity contribution is -0.137. The molecule has 2 amide bonds. The van der Waals surface area contributed by atoms with Crippen LogP contribution < -0.4 is 4.74 Å². The highest BCUT2D eigenvalue weighted by Gasteiger charge is 2.41. The van der Waals surface area contributed by atoms with Gasteiger partial charge in [0.2, 0.25) is 5.91 Å². The quantitative estimate of drug-likeness (QED) is 0.600. The second-order valence-electron chi connectivity index (χ2n) is 10.3. The summed E-state index contributed by atoms with van der Waals surface area (Å²) in [5.74, 6) is -0.0152. The molecule has 194 valence electrons. The second-order valence-corrected chi connectivity index (χ2v) is 10.7. The maximum Gasteiger partial charge on any atom is 0.253 e. The van der Waals surface area contributed by atoms with Gasteiger partial charge in [-0.05, 0) is 81.0 Å². The van der Waals surface area contributed by atoms with E-state index in [4.69, 9.17) is 16.3 Å². The first kappa shape index (κ1) is 26.4. The van der Waals surface area contributed by atoms with Crippen LogP contribution in [-0.4, -0.2) is 65.6 Å². The van der Waals surface area contributed by atoms with Crippen LogP contribution in [0.1, 0.15) is 53.6 Å². The van der Waals surface area contributed by atoms with Crippen molar-refractivity contribution in [1.29, 1.82) is 0 Å². The first-order valence-electron chi connectivity index (χ1n) is 12.6.